The molecule has 3 rings (SSSR count). The maximum atomic E-state index is 11.1. The maximum Gasteiger partial charge on any atom is 0.338 e. The number of cyclic esters (lactones) is 1. The molecule has 0 radical (unpaired) electrons. The molecule has 2 aliphatic rings. The van der Waals surface area contributed by atoms with Crippen molar-refractivity contribution < 1.29 is 14.3 Å². The van der Waals surface area contributed by atoms with Crippen molar-refractivity contribution in [2.75, 3.05) is 6.61 Å². The molecule has 0 aromatic heterocycles. The Morgan fingerprint density at radius 2 is 2.23 bits per heavy atom. The average molecular weight is 176 g/mol. The lowest BCUT2D eigenvalue weighted by atomic mass is 10.0. The van der Waals surface area contributed by atoms with E-state index in [-0.39, 0.29) is 12.1 Å². The van der Waals surface area contributed by atoms with Crippen LogP contribution in [0.2, 0.25) is 0 Å². The quantitative estimate of drug-likeness (QED) is 0.480. The monoisotopic (exact) mass is 176 g/mol. The Morgan fingerprint density at radius 3 is 3.00 bits per heavy atom. The molecule has 3 heteroatoms. The van der Waals surface area contributed by atoms with Crippen LogP contribution in [-0.2, 0) is 16.1 Å². The number of carbonyl (C=O) groups excluding carboxylic acids is 1. The number of carbonyl (C=O) groups is 1. The van der Waals surface area contributed by atoms with Gasteiger partial charge in [-0.05, 0) is 17.7 Å². The van der Waals surface area contributed by atoms with E-state index in [0.29, 0.717) is 12.2 Å². The van der Waals surface area contributed by atoms with Crippen LogP contribution in [0.25, 0.3) is 0 Å². The molecule has 13 heavy (non-hydrogen) atoms. The summed E-state index contributed by atoms with van der Waals surface area (Å²) in [5.74, 6) is -0.210. The standard InChI is InChI=1S/C10H8O3/c11-10-8-2-1-6(9-5-12-9)3-7(8)4-13-10/h1-3,9H,4-5H2/t9-/m0/s1. The van der Waals surface area contributed by atoms with E-state index in [1.165, 1.54) is 0 Å². The molecule has 1 aromatic rings. The Morgan fingerprint density at radius 1 is 1.38 bits per heavy atom. The summed E-state index contributed by atoms with van der Waals surface area (Å²) in [6.07, 6.45) is 0.251. The Balaban J connectivity index is 2.07. The molecule has 0 amide bonds. The summed E-state index contributed by atoms with van der Waals surface area (Å²) >= 11 is 0. The number of epoxide rings is 1. The molecule has 2 heterocycles. The van der Waals surface area contributed by atoms with E-state index in [1.54, 1.807) is 0 Å². The van der Waals surface area contributed by atoms with Gasteiger partial charge >= 0.3 is 5.97 Å². The summed E-state index contributed by atoms with van der Waals surface area (Å²) in [5.41, 5.74) is 2.83. The lowest BCUT2D eigenvalue weighted by Gasteiger charge is -1.97. The SMILES string of the molecule is O=C1OCc2cc([C@@H]3CO3)ccc21. The highest BCUT2D eigenvalue weighted by molar-refractivity contribution is 5.93. The first kappa shape index (κ1) is 7.09. The van der Waals surface area contributed by atoms with Crippen LogP contribution < -0.4 is 0 Å². The van der Waals surface area contributed by atoms with Crippen molar-refractivity contribution in [2.45, 2.75) is 12.7 Å². The maximum absolute atomic E-state index is 11.1. The molecule has 0 unspecified atom stereocenters. The second kappa shape index (κ2) is 2.33. The van der Waals surface area contributed by atoms with Crippen molar-refractivity contribution in [3.05, 3.63) is 34.9 Å². The molecule has 1 fully saturated rings. The summed E-state index contributed by atoms with van der Waals surface area (Å²) in [5, 5.41) is 0. The predicted molar refractivity (Wildman–Crippen MR) is 44.3 cm³/mol. The van der Waals surface area contributed by atoms with Crippen LogP contribution in [0.1, 0.15) is 27.6 Å². The molecule has 0 bridgehead atoms. The van der Waals surface area contributed by atoms with Gasteiger partial charge in [0.25, 0.3) is 0 Å². The van der Waals surface area contributed by atoms with Crippen molar-refractivity contribution in [1.82, 2.24) is 0 Å². The molecular weight excluding hydrogens is 168 g/mol. The zero-order valence-electron chi connectivity index (χ0n) is 6.95. The van der Waals surface area contributed by atoms with Crippen molar-refractivity contribution >= 4 is 5.97 Å². The molecule has 0 saturated carbocycles. The third-order valence-electron chi connectivity index (χ3n) is 2.41. The lowest BCUT2D eigenvalue weighted by Crippen LogP contribution is -1.93. The molecule has 2 aliphatic heterocycles. The van der Waals surface area contributed by atoms with Crippen LogP contribution in [-0.4, -0.2) is 12.6 Å². The molecule has 0 aliphatic carbocycles. The summed E-state index contributed by atoms with van der Waals surface area (Å²) in [6, 6.07) is 5.75. The largest absolute Gasteiger partial charge is 0.457 e. The van der Waals surface area contributed by atoms with Crippen molar-refractivity contribution in [1.29, 1.82) is 0 Å². The number of fused-ring (bicyclic) bond motifs is 1. The summed E-state index contributed by atoms with van der Waals surface area (Å²) in [6.45, 7) is 1.21. The Hall–Kier alpha value is -1.35. The third kappa shape index (κ3) is 1.04. The lowest BCUT2D eigenvalue weighted by molar-refractivity contribution is 0.0535. The first-order valence-electron chi connectivity index (χ1n) is 4.26. The number of hydrogen-bond acceptors (Lipinski definition) is 3. The van der Waals surface area contributed by atoms with Gasteiger partial charge < -0.3 is 9.47 Å². The van der Waals surface area contributed by atoms with E-state index in [0.717, 1.165) is 17.7 Å². The molecule has 0 N–H and O–H groups in total. The first-order chi connectivity index (χ1) is 6.34. The van der Waals surface area contributed by atoms with Gasteiger partial charge in [-0.15, -0.1) is 0 Å². The summed E-state index contributed by atoms with van der Waals surface area (Å²) < 4.78 is 10.1. The van der Waals surface area contributed by atoms with Crippen LogP contribution in [0.4, 0.5) is 0 Å². The Bertz CT molecular complexity index is 380. The van der Waals surface area contributed by atoms with Gasteiger partial charge in [0.05, 0.1) is 12.2 Å². The van der Waals surface area contributed by atoms with E-state index in [1.807, 2.05) is 18.2 Å². The smallest absolute Gasteiger partial charge is 0.338 e. The van der Waals surface area contributed by atoms with Gasteiger partial charge in [0.15, 0.2) is 0 Å². The number of rotatable bonds is 1. The van der Waals surface area contributed by atoms with Gasteiger partial charge in [0.2, 0.25) is 0 Å². The van der Waals surface area contributed by atoms with Gasteiger partial charge in [-0.2, -0.15) is 0 Å². The molecular formula is C10H8O3. The van der Waals surface area contributed by atoms with E-state index < -0.39 is 0 Å². The number of ether oxygens (including phenoxy) is 2. The molecule has 3 nitrogen and oxygen atoms in total. The Kier molecular flexibility index (Phi) is 1.27. The average Bonchev–Trinajstić information content (AvgIpc) is 2.93. The first-order valence-corrected chi connectivity index (χ1v) is 4.26. The van der Waals surface area contributed by atoms with Crippen LogP contribution in [0.3, 0.4) is 0 Å². The highest BCUT2D eigenvalue weighted by Crippen LogP contribution is 2.32. The fourth-order valence-electron chi connectivity index (χ4n) is 1.59. The minimum absolute atomic E-state index is 0.210. The summed E-state index contributed by atoms with van der Waals surface area (Å²) in [7, 11) is 0. The fourth-order valence-corrected chi connectivity index (χ4v) is 1.59. The molecule has 66 valence electrons. The molecule has 1 atom stereocenters. The van der Waals surface area contributed by atoms with Crippen molar-refractivity contribution in [3.8, 4) is 0 Å². The number of esters is 1. The van der Waals surface area contributed by atoms with E-state index in [4.69, 9.17) is 9.47 Å². The van der Waals surface area contributed by atoms with Gasteiger partial charge in [-0.3, -0.25) is 0 Å². The normalized spacial score (nSPS) is 24.0. The van der Waals surface area contributed by atoms with Gasteiger partial charge in [-0.1, -0.05) is 6.07 Å². The minimum Gasteiger partial charge on any atom is -0.457 e. The highest BCUT2D eigenvalue weighted by Gasteiger charge is 2.28. The van der Waals surface area contributed by atoms with Gasteiger partial charge in [0.1, 0.15) is 12.7 Å². The topological polar surface area (TPSA) is 38.8 Å². The van der Waals surface area contributed by atoms with Crippen molar-refractivity contribution in [2.24, 2.45) is 0 Å². The van der Waals surface area contributed by atoms with Crippen LogP contribution >= 0.6 is 0 Å². The molecule has 1 aromatic carbocycles. The van der Waals surface area contributed by atoms with Crippen LogP contribution in [0, 0.1) is 0 Å². The van der Waals surface area contributed by atoms with E-state index in [9.17, 15) is 4.79 Å². The fraction of sp³-hybridized carbons (Fsp3) is 0.300. The van der Waals surface area contributed by atoms with Crippen molar-refractivity contribution in [3.63, 3.8) is 0 Å². The third-order valence-corrected chi connectivity index (χ3v) is 2.41. The van der Waals surface area contributed by atoms with Crippen LogP contribution in [0.15, 0.2) is 18.2 Å². The predicted octanol–water partition coefficient (Wildman–Crippen LogP) is 1.43. The zero-order chi connectivity index (χ0) is 8.84. The molecule has 0 spiro atoms. The number of hydrogen-bond donors (Lipinski definition) is 0. The zero-order valence-corrected chi connectivity index (χ0v) is 6.95. The highest BCUT2D eigenvalue weighted by atomic mass is 16.6. The summed E-state index contributed by atoms with van der Waals surface area (Å²) in [4.78, 5) is 11.1. The van der Waals surface area contributed by atoms with Gasteiger partial charge in [0, 0.05) is 5.56 Å². The number of benzene rings is 1. The molecule has 1 saturated heterocycles. The van der Waals surface area contributed by atoms with E-state index in [2.05, 4.69) is 0 Å². The second-order valence-electron chi connectivity index (χ2n) is 3.31. The second-order valence-corrected chi connectivity index (χ2v) is 3.31. The Labute approximate surface area is 75.3 Å². The van der Waals surface area contributed by atoms with Crippen LogP contribution in [0.5, 0.6) is 0 Å². The minimum atomic E-state index is -0.210. The van der Waals surface area contributed by atoms with Gasteiger partial charge in [-0.25, -0.2) is 4.79 Å². The van der Waals surface area contributed by atoms with E-state index >= 15 is 0 Å².